The van der Waals surface area contributed by atoms with Crippen LogP contribution in [0.3, 0.4) is 0 Å². The molecular weight excluding hydrogens is 263 g/mol. The van der Waals surface area contributed by atoms with Gasteiger partial charge in [-0.05, 0) is 0 Å². The fourth-order valence-corrected chi connectivity index (χ4v) is 1.65. The third-order valence-corrected chi connectivity index (χ3v) is 6.19. The standard InChI is InChI=1S/C3H3Cl4F3Si/c4-2(11(5,6)7)1-3(8,9)10/h2H,1H2. The SMILES string of the molecule is FC(F)(F)CC(Cl)[Si](Cl)(Cl)Cl. The topological polar surface area (TPSA) is 0 Å². The molecule has 0 aliphatic carbocycles. The molecule has 11 heavy (non-hydrogen) atoms. The molecule has 0 saturated heterocycles. The van der Waals surface area contributed by atoms with Crippen LogP contribution in [-0.2, 0) is 0 Å². The molecule has 0 aliphatic rings. The lowest BCUT2D eigenvalue weighted by Gasteiger charge is -2.16. The molecule has 0 bridgehead atoms. The molecule has 0 saturated carbocycles. The minimum Gasteiger partial charge on any atom is -0.171 e. The van der Waals surface area contributed by atoms with Gasteiger partial charge < -0.3 is 0 Å². The molecule has 68 valence electrons. The van der Waals surface area contributed by atoms with E-state index < -0.39 is 23.6 Å². The minimum atomic E-state index is -4.37. The molecule has 0 aliphatic heterocycles. The Morgan fingerprint density at radius 2 is 1.55 bits per heavy atom. The molecule has 0 nitrogen and oxygen atoms in total. The fraction of sp³-hybridized carbons (Fsp3) is 1.00. The second-order valence-electron chi connectivity index (χ2n) is 1.83. The van der Waals surface area contributed by atoms with E-state index in [1.54, 1.807) is 0 Å². The second kappa shape index (κ2) is 3.92. The molecular formula is C3H3Cl4F3Si. The summed E-state index contributed by atoms with van der Waals surface area (Å²) in [7, 11) is 0. The van der Waals surface area contributed by atoms with E-state index >= 15 is 0 Å². The number of rotatable bonds is 2. The highest BCUT2D eigenvalue weighted by atomic mass is 35.8. The van der Waals surface area contributed by atoms with Gasteiger partial charge in [-0.2, -0.15) is 13.2 Å². The molecule has 0 rings (SSSR count). The molecule has 1 atom stereocenters. The predicted molar refractivity (Wildman–Crippen MR) is 43.6 cm³/mol. The maximum absolute atomic E-state index is 11.6. The summed E-state index contributed by atoms with van der Waals surface area (Å²) < 4.78 is 34.8. The monoisotopic (exact) mass is 264 g/mol. The molecule has 0 fully saturated rings. The predicted octanol–water partition coefficient (Wildman–Crippen LogP) is 3.74. The van der Waals surface area contributed by atoms with Crippen molar-refractivity contribution in [2.45, 2.75) is 17.6 Å². The van der Waals surface area contributed by atoms with Crippen LogP contribution in [-0.4, -0.2) is 17.2 Å². The van der Waals surface area contributed by atoms with Crippen molar-refractivity contribution in [3.63, 3.8) is 0 Å². The summed E-state index contributed by atoms with van der Waals surface area (Å²) in [6.07, 6.45) is -5.62. The van der Waals surface area contributed by atoms with Gasteiger partial charge in [0.15, 0.2) is 0 Å². The van der Waals surface area contributed by atoms with Crippen molar-refractivity contribution >= 4 is 50.8 Å². The third-order valence-electron chi connectivity index (χ3n) is 0.766. The van der Waals surface area contributed by atoms with Crippen molar-refractivity contribution in [1.29, 1.82) is 0 Å². The number of hydrogen-bond acceptors (Lipinski definition) is 0. The fourth-order valence-electron chi connectivity index (χ4n) is 0.319. The highest BCUT2D eigenvalue weighted by Gasteiger charge is 2.43. The quantitative estimate of drug-likeness (QED) is 0.405. The van der Waals surface area contributed by atoms with Crippen LogP contribution in [0.25, 0.3) is 0 Å². The smallest absolute Gasteiger partial charge is 0.171 e. The van der Waals surface area contributed by atoms with Gasteiger partial charge in [-0.3, -0.25) is 0 Å². The molecule has 0 N–H and O–H groups in total. The van der Waals surface area contributed by atoms with E-state index in [0.29, 0.717) is 0 Å². The van der Waals surface area contributed by atoms with Gasteiger partial charge in [0.25, 0.3) is 0 Å². The summed E-state index contributed by atoms with van der Waals surface area (Å²) in [5, 5.41) is -1.41. The summed E-state index contributed by atoms with van der Waals surface area (Å²) in [5.74, 6) is 0. The van der Waals surface area contributed by atoms with E-state index in [-0.39, 0.29) is 0 Å². The first-order valence-corrected chi connectivity index (χ1v) is 7.95. The maximum atomic E-state index is 11.6. The van der Waals surface area contributed by atoms with Gasteiger partial charge in [-0.25, -0.2) is 0 Å². The van der Waals surface area contributed by atoms with Gasteiger partial charge in [0.05, 0.1) is 11.4 Å². The average Bonchev–Trinajstić information content (AvgIpc) is 1.56. The Bertz CT molecular complexity index is 130. The van der Waals surface area contributed by atoms with Crippen molar-refractivity contribution in [2.75, 3.05) is 0 Å². The summed E-state index contributed by atoms with van der Waals surface area (Å²) >= 11 is 20.9. The molecule has 1 unspecified atom stereocenters. The van der Waals surface area contributed by atoms with Crippen LogP contribution in [0, 0.1) is 0 Å². The molecule has 0 amide bonds. The van der Waals surface area contributed by atoms with Gasteiger partial charge in [0.1, 0.15) is 0 Å². The van der Waals surface area contributed by atoms with Crippen LogP contribution in [0.1, 0.15) is 6.42 Å². The zero-order valence-corrected chi connectivity index (χ0v) is 8.95. The zero-order chi connectivity index (χ0) is 9.28. The number of halogens is 7. The first-order chi connectivity index (χ1) is 4.63. The summed E-state index contributed by atoms with van der Waals surface area (Å²) in [6.45, 7) is 0. The number of alkyl halides is 4. The van der Waals surface area contributed by atoms with E-state index in [0.717, 1.165) is 0 Å². The van der Waals surface area contributed by atoms with E-state index in [4.69, 9.17) is 44.8 Å². The Morgan fingerprint density at radius 1 is 1.18 bits per heavy atom. The Hall–Kier alpha value is 1.17. The Morgan fingerprint density at radius 3 is 1.64 bits per heavy atom. The lowest BCUT2D eigenvalue weighted by molar-refractivity contribution is -0.131. The zero-order valence-electron chi connectivity index (χ0n) is 4.93. The average molecular weight is 266 g/mol. The molecule has 8 heteroatoms. The van der Waals surface area contributed by atoms with Crippen LogP contribution in [0.15, 0.2) is 0 Å². The van der Waals surface area contributed by atoms with E-state index in [2.05, 4.69) is 0 Å². The van der Waals surface area contributed by atoms with Crippen LogP contribution < -0.4 is 0 Å². The summed E-state index contributed by atoms with van der Waals surface area (Å²) in [4.78, 5) is 0. The molecule has 0 aromatic carbocycles. The van der Waals surface area contributed by atoms with Crippen LogP contribution in [0.5, 0.6) is 0 Å². The second-order valence-corrected chi connectivity index (χ2v) is 11.6. The van der Waals surface area contributed by atoms with Gasteiger partial charge >= 0.3 is 12.2 Å². The van der Waals surface area contributed by atoms with Crippen molar-refractivity contribution in [2.24, 2.45) is 0 Å². The minimum absolute atomic E-state index is 1.25. The summed E-state index contributed by atoms with van der Waals surface area (Å²) in [5.41, 5.74) is 0. The van der Waals surface area contributed by atoms with Gasteiger partial charge in [-0.1, -0.05) is 0 Å². The van der Waals surface area contributed by atoms with Crippen molar-refractivity contribution < 1.29 is 13.2 Å². The third kappa shape index (κ3) is 6.34. The lowest BCUT2D eigenvalue weighted by Crippen LogP contribution is -2.31. The first-order valence-electron chi connectivity index (χ1n) is 2.40. The number of hydrogen-bond donors (Lipinski definition) is 0. The lowest BCUT2D eigenvalue weighted by atomic mass is 10.5. The highest BCUT2D eigenvalue weighted by molar-refractivity contribution is 7.66. The van der Waals surface area contributed by atoms with E-state index in [9.17, 15) is 13.2 Å². The first kappa shape index (κ1) is 12.2. The maximum Gasteiger partial charge on any atom is 0.390 e. The Labute approximate surface area is 81.7 Å². The Balaban J connectivity index is 3.99. The van der Waals surface area contributed by atoms with E-state index in [1.165, 1.54) is 0 Å². The van der Waals surface area contributed by atoms with Crippen LogP contribution in [0.2, 0.25) is 0 Å². The highest BCUT2D eigenvalue weighted by Crippen LogP contribution is 2.35. The molecule has 0 spiro atoms. The van der Waals surface area contributed by atoms with Crippen molar-refractivity contribution in [3.8, 4) is 0 Å². The van der Waals surface area contributed by atoms with Crippen LogP contribution >= 0.6 is 44.8 Å². The normalized spacial score (nSPS) is 16.6. The van der Waals surface area contributed by atoms with Gasteiger partial charge in [0, 0.05) is 0 Å². The largest absolute Gasteiger partial charge is 0.390 e. The van der Waals surface area contributed by atoms with Gasteiger partial charge in [0.2, 0.25) is 0 Å². The van der Waals surface area contributed by atoms with Crippen molar-refractivity contribution in [1.82, 2.24) is 0 Å². The van der Waals surface area contributed by atoms with Crippen LogP contribution in [0.4, 0.5) is 13.2 Å². The molecule has 0 aromatic heterocycles. The Kier molecular flexibility index (Phi) is 4.33. The van der Waals surface area contributed by atoms with Crippen molar-refractivity contribution in [3.05, 3.63) is 0 Å². The van der Waals surface area contributed by atoms with E-state index in [1.807, 2.05) is 0 Å². The summed E-state index contributed by atoms with van der Waals surface area (Å²) in [6, 6.07) is -3.41. The molecule has 0 aromatic rings. The van der Waals surface area contributed by atoms with Gasteiger partial charge in [-0.15, -0.1) is 44.8 Å². The molecule has 0 radical (unpaired) electrons. The molecule has 0 heterocycles.